The van der Waals surface area contributed by atoms with Gasteiger partial charge in [0.1, 0.15) is 23.7 Å². The summed E-state index contributed by atoms with van der Waals surface area (Å²) in [6, 6.07) is 16.8. The molecule has 164 valence electrons. The molecule has 0 fully saturated rings. The summed E-state index contributed by atoms with van der Waals surface area (Å²) < 4.78 is 47.9. The molecule has 6 nitrogen and oxygen atoms in total. The van der Waals surface area contributed by atoms with Crippen LogP contribution in [0.4, 0.5) is 13.2 Å². The Kier molecular flexibility index (Phi) is 4.81. The highest BCUT2D eigenvalue weighted by Gasteiger charge is 2.35. The van der Waals surface area contributed by atoms with Crippen molar-refractivity contribution in [3.8, 4) is 34.0 Å². The van der Waals surface area contributed by atoms with Gasteiger partial charge in [0, 0.05) is 23.7 Å². The molecule has 0 aliphatic rings. The lowest BCUT2D eigenvalue weighted by Crippen LogP contribution is -2.06. The Labute approximate surface area is 185 Å². The van der Waals surface area contributed by atoms with Crippen molar-refractivity contribution in [3.05, 3.63) is 78.1 Å². The number of hydrogen-bond acceptors (Lipinski definition) is 5. The predicted octanol–water partition coefficient (Wildman–Crippen LogP) is 5.79. The third kappa shape index (κ3) is 3.67. The van der Waals surface area contributed by atoms with Crippen molar-refractivity contribution in [3.63, 3.8) is 0 Å². The maximum absolute atomic E-state index is 13.5. The molecule has 5 rings (SSSR count). The van der Waals surface area contributed by atoms with Crippen LogP contribution < -0.4 is 0 Å². The number of fused-ring (bicyclic) bond motifs is 1. The van der Waals surface area contributed by atoms with Gasteiger partial charge in [-0.3, -0.25) is 4.79 Å². The van der Waals surface area contributed by atoms with Gasteiger partial charge >= 0.3 is 6.18 Å². The molecule has 0 atom stereocenters. The highest BCUT2D eigenvalue weighted by Crippen LogP contribution is 2.38. The highest BCUT2D eigenvalue weighted by atomic mass is 19.4. The van der Waals surface area contributed by atoms with Gasteiger partial charge in [0.15, 0.2) is 11.4 Å². The number of aromatic nitrogens is 4. The van der Waals surface area contributed by atoms with E-state index in [-0.39, 0.29) is 17.0 Å². The first-order valence-corrected chi connectivity index (χ1v) is 9.86. The Morgan fingerprint density at radius 3 is 2.42 bits per heavy atom. The van der Waals surface area contributed by atoms with Crippen molar-refractivity contribution in [1.82, 2.24) is 19.7 Å². The molecule has 0 N–H and O–H groups in total. The van der Waals surface area contributed by atoms with E-state index in [4.69, 9.17) is 4.42 Å². The van der Waals surface area contributed by atoms with Crippen LogP contribution in [0.1, 0.15) is 15.9 Å². The number of rotatable bonds is 4. The molecule has 0 aliphatic heterocycles. The minimum Gasteiger partial charge on any atom is -0.435 e. The van der Waals surface area contributed by atoms with E-state index < -0.39 is 17.3 Å². The van der Waals surface area contributed by atoms with Crippen LogP contribution >= 0.6 is 0 Å². The number of carbonyl (C=O) groups excluding carboxylic acids is 1. The fraction of sp³-hybridized carbons (Fsp3) is 0.0833. The van der Waals surface area contributed by atoms with Crippen LogP contribution in [0.5, 0.6) is 0 Å². The molecule has 33 heavy (non-hydrogen) atoms. The summed E-state index contributed by atoms with van der Waals surface area (Å²) in [5.41, 5.74) is 1.41. The van der Waals surface area contributed by atoms with Crippen LogP contribution in [0.15, 0.2) is 71.4 Å². The van der Waals surface area contributed by atoms with Crippen molar-refractivity contribution < 1.29 is 22.4 Å². The van der Waals surface area contributed by atoms with Gasteiger partial charge in [0.05, 0.1) is 0 Å². The second-order valence-electron chi connectivity index (χ2n) is 7.44. The first-order chi connectivity index (χ1) is 15.8. The van der Waals surface area contributed by atoms with E-state index in [1.54, 1.807) is 29.1 Å². The third-order valence-electron chi connectivity index (χ3n) is 5.25. The standard InChI is InChI=1S/C24H15F3N4O2/c1-31-13-28-30-22(31)18-8-3-2-7-17(18)15-5-4-6-16(11-15)23-29-20-10-14(12-32)9-19(21(20)33-23)24(25,26)27/h2-13H,1H3. The molecule has 5 aromatic rings. The summed E-state index contributed by atoms with van der Waals surface area (Å²) in [7, 11) is 1.84. The molecule has 0 radical (unpaired) electrons. The summed E-state index contributed by atoms with van der Waals surface area (Å²) in [6.45, 7) is 0. The quantitative estimate of drug-likeness (QED) is 0.326. The average Bonchev–Trinajstić information content (AvgIpc) is 3.43. The molecule has 0 spiro atoms. The summed E-state index contributed by atoms with van der Waals surface area (Å²) in [4.78, 5) is 15.4. The monoisotopic (exact) mass is 448 g/mol. The van der Waals surface area contributed by atoms with Crippen LogP contribution in [0.2, 0.25) is 0 Å². The van der Waals surface area contributed by atoms with E-state index in [1.165, 1.54) is 6.07 Å². The van der Waals surface area contributed by atoms with Crippen LogP contribution in [0, 0.1) is 0 Å². The fourth-order valence-electron chi connectivity index (χ4n) is 3.73. The van der Waals surface area contributed by atoms with Gasteiger partial charge in [-0.1, -0.05) is 36.4 Å². The maximum atomic E-state index is 13.5. The minimum absolute atomic E-state index is 0.0246. The lowest BCUT2D eigenvalue weighted by atomic mass is 9.97. The molecule has 2 heterocycles. The average molecular weight is 448 g/mol. The maximum Gasteiger partial charge on any atom is 0.420 e. The van der Waals surface area contributed by atoms with Gasteiger partial charge in [-0.25, -0.2) is 4.98 Å². The first kappa shape index (κ1) is 20.6. The number of aldehydes is 1. The largest absolute Gasteiger partial charge is 0.435 e. The second kappa shape index (κ2) is 7.70. The van der Waals surface area contributed by atoms with Crippen molar-refractivity contribution in [1.29, 1.82) is 0 Å². The van der Waals surface area contributed by atoms with E-state index in [0.717, 1.165) is 22.8 Å². The van der Waals surface area contributed by atoms with Crippen LogP contribution in [0.25, 0.3) is 45.1 Å². The molecule has 3 aromatic carbocycles. The highest BCUT2D eigenvalue weighted by molar-refractivity contribution is 5.88. The molecule has 2 aromatic heterocycles. The van der Waals surface area contributed by atoms with Gasteiger partial charge in [-0.05, 0) is 35.4 Å². The zero-order valence-corrected chi connectivity index (χ0v) is 17.2. The predicted molar refractivity (Wildman–Crippen MR) is 115 cm³/mol. The smallest absolute Gasteiger partial charge is 0.420 e. The molecule has 0 amide bonds. The van der Waals surface area contributed by atoms with Crippen molar-refractivity contribution in [2.75, 3.05) is 0 Å². The van der Waals surface area contributed by atoms with E-state index in [2.05, 4.69) is 15.2 Å². The van der Waals surface area contributed by atoms with Crippen molar-refractivity contribution in [2.45, 2.75) is 6.18 Å². The number of oxazole rings is 1. The Balaban J connectivity index is 1.65. The number of carbonyl (C=O) groups is 1. The summed E-state index contributed by atoms with van der Waals surface area (Å²) in [5.74, 6) is 0.700. The van der Waals surface area contributed by atoms with E-state index in [1.807, 2.05) is 37.4 Å². The Hall–Kier alpha value is -4.27. The molecule has 0 saturated carbocycles. The molecular weight excluding hydrogens is 433 g/mol. The number of halogens is 3. The summed E-state index contributed by atoms with van der Waals surface area (Å²) >= 11 is 0. The number of aryl methyl sites for hydroxylation is 1. The second-order valence-corrected chi connectivity index (χ2v) is 7.44. The van der Waals surface area contributed by atoms with E-state index in [0.29, 0.717) is 17.7 Å². The van der Waals surface area contributed by atoms with Crippen LogP contribution in [-0.4, -0.2) is 26.0 Å². The zero-order chi connectivity index (χ0) is 23.2. The fourth-order valence-corrected chi connectivity index (χ4v) is 3.73. The number of hydrogen-bond donors (Lipinski definition) is 0. The Bertz CT molecular complexity index is 1500. The van der Waals surface area contributed by atoms with Gasteiger partial charge in [0.25, 0.3) is 0 Å². The summed E-state index contributed by atoms with van der Waals surface area (Å²) in [6.07, 6.45) is -2.73. The lowest BCUT2D eigenvalue weighted by molar-refractivity contribution is -0.136. The summed E-state index contributed by atoms with van der Waals surface area (Å²) in [5, 5.41) is 8.11. The third-order valence-corrected chi connectivity index (χ3v) is 5.25. The molecule has 0 unspecified atom stereocenters. The van der Waals surface area contributed by atoms with Gasteiger partial charge < -0.3 is 8.98 Å². The van der Waals surface area contributed by atoms with Gasteiger partial charge in [-0.2, -0.15) is 13.2 Å². The molecule has 9 heteroatoms. The zero-order valence-electron chi connectivity index (χ0n) is 17.2. The first-order valence-electron chi connectivity index (χ1n) is 9.86. The topological polar surface area (TPSA) is 73.8 Å². The molecular formula is C24H15F3N4O2. The molecule has 0 saturated heterocycles. The van der Waals surface area contributed by atoms with Gasteiger partial charge in [0.2, 0.25) is 5.89 Å². The van der Waals surface area contributed by atoms with E-state index >= 15 is 0 Å². The molecule has 0 bridgehead atoms. The Morgan fingerprint density at radius 1 is 0.970 bits per heavy atom. The Morgan fingerprint density at radius 2 is 1.73 bits per heavy atom. The van der Waals surface area contributed by atoms with Crippen molar-refractivity contribution in [2.24, 2.45) is 7.05 Å². The minimum atomic E-state index is -4.69. The van der Waals surface area contributed by atoms with Gasteiger partial charge in [-0.15, -0.1) is 10.2 Å². The number of nitrogens with zero attached hydrogens (tertiary/aromatic N) is 4. The molecule has 0 aliphatic carbocycles. The van der Waals surface area contributed by atoms with E-state index in [9.17, 15) is 18.0 Å². The van der Waals surface area contributed by atoms with Crippen LogP contribution in [0.3, 0.4) is 0 Å². The number of alkyl halides is 3. The number of benzene rings is 3. The lowest BCUT2D eigenvalue weighted by Gasteiger charge is -2.10. The van der Waals surface area contributed by atoms with Crippen LogP contribution in [-0.2, 0) is 13.2 Å². The SMILES string of the molecule is Cn1cnnc1-c1ccccc1-c1cccc(-c2nc3cc(C=O)cc(C(F)(F)F)c3o2)c1. The van der Waals surface area contributed by atoms with Crippen molar-refractivity contribution >= 4 is 17.4 Å². The normalized spacial score (nSPS) is 11.8.